The third-order valence-electron chi connectivity index (χ3n) is 2.59. The number of rotatable bonds is 0. The molecule has 1 aromatic rings. The average molecular weight is 280 g/mol. The number of benzene rings is 1. The number of hydrogen-bond donors (Lipinski definition) is 0. The molecule has 0 N–H and O–H groups in total. The first-order valence-corrected chi connectivity index (χ1v) is 5.32. The van der Waals surface area contributed by atoms with Gasteiger partial charge in [-0.2, -0.15) is 17.6 Å². The van der Waals surface area contributed by atoms with E-state index >= 15 is 0 Å². The summed E-state index contributed by atoms with van der Waals surface area (Å²) in [7, 11) is 0. The van der Waals surface area contributed by atoms with Gasteiger partial charge in [0.1, 0.15) is 0 Å². The fraction of sp³-hybridized carbons (Fsp3) is 0.538. The molecular weight excluding hydrogens is 264 g/mol. The minimum Gasteiger partial charge on any atom is -0.421 e. The predicted octanol–water partition coefficient (Wildman–Crippen LogP) is 4.58. The van der Waals surface area contributed by atoms with Crippen molar-refractivity contribution >= 4 is 0 Å². The van der Waals surface area contributed by atoms with Crippen LogP contribution in [0.1, 0.15) is 33.8 Å². The Labute approximate surface area is 109 Å². The molecule has 19 heavy (non-hydrogen) atoms. The van der Waals surface area contributed by atoms with Gasteiger partial charge in [-0.25, -0.2) is 0 Å². The Kier molecular flexibility index (Phi) is 3.52. The fourth-order valence-corrected chi connectivity index (χ4v) is 1.68. The Hall–Kier alpha value is -1.46. The maximum atomic E-state index is 13.1. The highest BCUT2D eigenvalue weighted by molar-refractivity contribution is 5.51. The molecule has 2 nitrogen and oxygen atoms in total. The molecule has 0 saturated heterocycles. The minimum absolute atomic E-state index is 0. The summed E-state index contributed by atoms with van der Waals surface area (Å²) >= 11 is 0. The molecule has 0 fully saturated rings. The molecule has 0 saturated carbocycles. The molecule has 0 unspecified atom stereocenters. The van der Waals surface area contributed by atoms with Crippen molar-refractivity contribution in [1.29, 1.82) is 0 Å². The normalized spacial score (nSPS) is 19.5. The van der Waals surface area contributed by atoms with Crippen LogP contribution < -0.4 is 9.47 Å². The van der Waals surface area contributed by atoms with E-state index in [1.165, 1.54) is 12.1 Å². The van der Waals surface area contributed by atoms with Gasteiger partial charge in [0.25, 0.3) is 0 Å². The lowest BCUT2D eigenvalue weighted by Gasteiger charge is -2.34. The molecule has 2 rings (SSSR count). The largest absolute Gasteiger partial charge is 0.507 e. The van der Waals surface area contributed by atoms with Gasteiger partial charge in [-0.1, -0.05) is 40.3 Å². The zero-order chi connectivity index (χ0) is 13.8. The average Bonchev–Trinajstić information content (AvgIpc) is 2.16. The molecule has 0 bridgehead atoms. The third-order valence-corrected chi connectivity index (χ3v) is 2.59. The topological polar surface area (TPSA) is 18.5 Å². The maximum absolute atomic E-state index is 13.1. The molecule has 0 amide bonds. The van der Waals surface area contributed by atoms with Gasteiger partial charge in [0.2, 0.25) is 0 Å². The number of para-hydroxylation sites is 1. The van der Waals surface area contributed by atoms with Gasteiger partial charge < -0.3 is 9.47 Å². The monoisotopic (exact) mass is 280 g/mol. The molecule has 0 aromatic heterocycles. The van der Waals surface area contributed by atoms with E-state index < -0.39 is 17.6 Å². The molecule has 108 valence electrons. The van der Waals surface area contributed by atoms with Crippen LogP contribution >= 0.6 is 0 Å². The van der Waals surface area contributed by atoms with Gasteiger partial charge in [-0.15, -0.1) is 0 Å². The Morgan fingerprint density at radius 1 is 0.947 bits per heavy atom. The van der Waals surface area contributed by atoms with E-state index in [1.807, 2.05) is 0 Å². The molecule has 0 radical (unpaired) electrons. The SMILES string of the molecule is C.CC(C)(C)c1cccc2c1OC(F)(F)C(F)(F)O2. The summed E-state index contributed by atoms with van der Waals surface area (Å²) in [6, 6.07) is 4.18. The van der Waals surface area contributed by atoms with Gasteiger partial charge in [0.15, 0.2) is 11.5 Å². The van der Waals surface area contributed by atoms with Crippen molar-refractivity contribution < 1.29 is 27.0 Å². The second-order valence-electron chi connectivity index (χ2n) is 5.12. The van der Waals surface area contributed by atoms with E-state index in [0.29, 0.717) is 5.56 Å². The van der Waals surface area contributed by atoms with E-state index in [2.05, 4.69) is 9.47 Å². The van der Waals surface area contributed by atoms with E-state index in [-0.39, 0.29) is 18.9 Å². The van der Waals surface area contributed by atoms with Crippen LogP contribution in [0.25, 0.3) is 0 Å². The second-order valence-corrected chi connectivity index (χ2v) is 5.12. The maximum Gasteiger partial charge on any atom is 0.507 e. The van der Waals surface area contributed by atoms with Crippen LogP contribution in [0.4, 0.5) is 17.6 Å². The zero-order valence-corrected chi connectivity index (χ0v) is 10.1. The van der Waals surface area contributed by atoms with Crippen LogP contribution in [0.2, 0.25) is 0 Å². The molecule has 6 heteroatoms. The van der Waals surface area contributed by atoms with Gasteiger partial charge in [0.05, 0.1) is 0 Å². The zero-order valence-electron chi connectivity index (χ0n) is 10.1. The van der Waals surface area contributed by atoms with Crippen LogP contribution in [0.5, 0.6) is 11.5 Å². The lowest BCUT2D eigenvalue weighted by molar-refractivity contribution is -0.391. The second kappa shape index (κ2) is 4.28. The molecule has 0 spiro atoms. The van der Waals surface area contributed by atoms with Crippen LogP contribution in [0.3, 0.4) is 0 Å². The van der Waals surface area contributed by atoms with E-state index in [1.54, 1.807) is 26.8 Å². The van der Waals surface area contributed by atoms with Crippen LogP contribution in [-0.2, 0) is 5.41 Å². The first-order valence-electron chi connectivity index (χ1n) is 5.32. The quantitative estimate of drug-likeness (QED) is 0.648. The van der Waals surface area contributed by atoms with Crippen molar-refractivity contribution in [3.05, 3.63) is 23.8 Å². The Bertz CT molecular complexity index is 478. The highest BCUT2D eigenvalue weighted by Gasteiger charge is 2.66. The molecule has 0 atom stereocenters. The Morgan fingerprint density at radius 3 is 2.00 bits per heavy atom. The van der Waals surface area contributed by atoms with Crippen molar-refractivity contribution in [2.75, 3.05) is 0 Å². The van der Waals surface area contributed by atoms with Gasteiger partial charge in [-0.05, 0) is 11.5 Å². The number of ether oxygens (including phenoxy) is 2. The molecule has 1 heterocycles. The highest BCUT2D eigenvalue weighted by Crippen LogP contribution is 2.50. The number of hydrogen-bond acceptors (Lipinski definition) is 2. The Balaban J connectivity index is 0.00000180. The third kappa shape index (κ3) is 2.48. The highest BCUT2D eigenvalue weighted by atomic mass is 19.3. The summed E-state index contributed by atoms with van der Waals surface area (Å²) < 4.78 is 60.5. The van der Waals surface area contributed by atoms with E-state index in [9.17, 15) is 17.6 Å². The smallest absolute Gasteiger partial charge is 0.421 e. The van der Waals surface area contributed by atoms with Crippen LogP contribution in [-0.4, -0.2) is 12.2 Å². The summed E-state index contributed by atoms with van der Waals surface area (Å²) in [5.74, 6) is -0.709. The fourth-order valence-electron chi connectivity index (χ4n) is 1.68. The van der Waals surface area contributed by atoms with Crippen LogP contribution in [0, 0.1) is 0 Å². The summed E-state index contributed by atoms with van der Waals surface area (Å²) in [5, 5.41) is 0. The van der Waals surface area contributed by atoms with Crippen molar-refractivity contribution in [3.8, 4) is 11.5 Å². The number of halogens is 4. The predicted molar refractivity (Wildman–Crippen MR) is 63.0 cm³/mol. The first-order chi connectivity index (χ1) is 8.05. The minimum atomic E-state index is -4.68. The molecule has 1 aliphatic rings. The lowest BCUT2D eigenvalue weighted by atomic mass is 9.86. The summed E-state index contributed by atoms with van der Waals surface area (Å²) in [5.41, 5.74) is -0.146. The van der Waals surface area contributed by atoms with Crippen LogP contribution in [0.15, 0.2) is 18.2 Å². The van der Waals surface area contributed by atoms with E-state index in [0.717, 1.165) is 0 Å². The van der Waals surface area contributed by atoms with E-state index in [4.69, 9.17) is 0 Å². The van der Waals surface area contributed by atoms with Gasteiger partial charge >= 0.3 is 12.2 Å². The van der Waals surface area contributed by atoms with Crippen molar-refractivity contribution in [2.45, 2.75) is 45.8 Å². The lowest BCUT2D eigenvalue weighted by Crippen LogP contribution is -2.52. The molecule has 1 aromatic carbocycles. The summed E-state index contributed by atoms with van der Waals surface area (Å²) in [4.78, 5) is 0. The summed E-state index contributed by atoms with van der Waals surface area (Å²) in [6.07, 6.45) is -9.35. The number of alkyl halides is 4. The summed E-state index contributed by atoms with van der Waals surface area (Å²) in [6.45, 7) is 5.28. The van der Waals surface area contributed by atoms with Crippen molar-refractivity contribution in [1.82, 2.24) is 0 Å². The van der Waals surface area contributed by atoms with Crippen molar-refractivity contribution in [2.24, 2.45) is 0 Å². The van der Waals surface area contributed by atoms with Gasteiger partial charge in [0, 0.05) is 5.56 Å². The number of fused-ring (bicyclic) bond motifs is 1. The van der Waals surface area contributed by atoms with Gasteiger partial charge in [-0.3, -0.25) is 0 Å². The molecular formula is C13H16F4O2. The first kappa shape index (κ1) is 15.6. The van der Waals surface area contributed by atoms with Crippen molar-refractivity contribution in [3.63, 3.8) is 0 Å². The standard InChI is InChI=1S/C12H12F4O2.CH4/c1-10(2,3)7-5-4-6-8-9(7)18-12(15,16)11(13,14)17-8;/h4-6H,1-3H3;1H4. The Morgan fingerprint density at radius 2 is 1.47 bits per heavy atom. The molecule has 1 aliphatic heterocycles. The molecule has 0 aliphatic carbocycles.